The molecule has 0 aliphatic carbocycles. The molecule has 1 amide bonds. The Morgan fingerprint density at radius 2 is 1.82 bits per heavy atom. The second-order valence-corrected chi connectivity index (χ2v) is 11.2. The van der Waals surface area contributed by atoms with Crippen LogP contribution in [0.15, 0.2) is 52.0 Å². The number of carbonyl (C=O) groups is 1. The van der Waals surface area contributed by atoms with E-state index >= 15 is 0 Å². The molecule has 2 aliphatic heterocycles. The Morgan fingerprint density at radius 3 is 2.59 bits per heavy atom. The van der Waals surface area contributed by atoms with Gasteiger partial charge in [0.2, 0.25) is 15.9 Å². The van der Waals surface area contributed by atoms with Gasteiger partial charge in [0.15, 0.2) is 5.52 Å². The summed E-state index contributed by atoms with van der Waals surface area (Å²) >= 11 is 0. The Labute approximate surface area is 199 Å². The topological polar surface area (TPSA) is 99.8 Å². The highest BCUT2D eigenvalue weighted by Crippen LogP contribution is 2.29. The SMILES string of the molecule is Cc1ccc(N2CCN(C(=O)[C@@H]3CCCN(S(=O)(=O)c4cccc5nonc45)C3)C[C@H]2C)cc1. The van der Waals surface area contributed by atoms with Gasteiger partial charge in [-0.15, -0.1) is 0 Å². The van der Waals surface area contributed by atoms with Crippen LogP contribution in [0.1, 0.15) is 25.3 Å². The Bertz CT molecular complexity index is 1290. The first-order valence-electron chi connectivity index (χ1n) is 11.7. The van der Waals surface area contributed by atoms with Crippen molar-refractivity contribution < 1.29 is 17.8 Å². The van der Waals surface area contributed by atoms with Crippen LogP contribution in [-0.4, -0.2) is 72.6 Å². The van der Waals surface area contributed by atoms with Crippen molar-refractivity contribution in [3.8, 4) is 0 Å². The molecular weight excluding hydrogens is 454 g/mol. The molecule has 2 aromatic carbocycles. The van der Waals surface area contributed by atoms with Crippen LogP contribution in [0.4, 0.5) is 5.69 Å². The van der Waals surface area contributed by atoms with Gasteiger partial charge < -0.3 is 9.80 Å². The van der Waals surface area contributed by atoms with Gasteiger partial charge in [0.05, 0.1) is 5.92 Å². The van der Waals surface area contributed by atoms with E-state index in [2.05, 4.69) is 53.3 Å². The van der Waals surface area contributed by atoms with Crippen molar-refractivity contribution in [1.82, 2.24) is 19.5 Å². The number of sulfonamides is 1. The molecule has 3 heterocycles. The summed E-state index contributed by atoms with van der Waals surface area (Å²) in [4.78, 5) is 17.7. The van der Waals surface area contributed by atoms with E-state index in [0.717, 1.165) is 12.2 Å². The Hall–Kier alpha value is -2.98. The summed E-state index contributed by atoms with van der Waals surface area (Å²) in [6.07, 6.45) is 1.33. The summed E-state index contributed by atoms with van der Waals surface area (Å²) in [6.45, 7) is 6.76. The summed E-state index contributed by atoms with van der Waals surface area (Å²) < 4.78 is 33.0. The van der Waals surface area contributed by atoms with Crippen LogP contribution in [-0.2, 0) is 14.8 Å². The molecule has 0 N–H and O–H groups in total. The number of aromatic nitrogens is 2. The van der Waals surface area contributed by atoms with Gasteiger partial charge in [-0.25, -0.2) is 13.0 Å². The zero-order valence-electron chi connectivity index (χ0n) is 19.4. The van der Waals surface area contributed by atoms with E-state index in [1.807, 2.05) is 4.90 Å². The third kappa shape index (κ3) is 4.16. The van der Waals surface area contributed by atoms with Crippen LogP contribution in [0.5, 0.6) is 0 Å². The zero-order valence-corrected chi connectivity index (χ0v) is 20.2. The van der Waals surface area contributed by atoms with Gasteiger partial charge in [0.1, 0.15) is 10.4 Å². The first-order chi connectivity index (χ1) is 16.3. The van der Waals surface area contributed by atoms with Crippen molar-refractivity contribution in [3.63, 3.8) is 0 Å². The van der Waals surface area contributed by atoms with E-state index in [0.29, 0.717) is 38.0 Å². The lowest BCUT2D eigenvalue weighted by Crippen LogP contribution is -2.56. The van der Waals surface area contributed by atoms with Gasteiger partial charge in [-0.3, -0.25) is 4.79 Å². The minimum atomic E-state index is -3.82. The Morgan fingerprint density at radius 1 is 1.03 bits per heavy atom. The molecule has 0 radical (unpaired) electrons. The maximum atomic E-state index is 13.4. The van der Waals surface area contributed by atoms with Gasteiger partial charge in [0, 0.05) is 44.5 Å². The number of rotatable bonds is 4. The monoisotopic (exact) mass is 483 g/mol. The molecule has 34 heavy (non-hydrogen) atoms. The number of piperidine rings is 1. The van der Waals surface area contributed by atoms with Crippen LogP contribution < -0.4 is 4.90 Å². The summed E-state index contributed by atoms with van der Waals surface area (Å²) in [7, 11) is -3.82. The molecule has 2 atom stereocenters. The fourth-order valence-corrected chi connectivity index (χ4v) is 6.69. The molecule has 9 nitrogen and oxygen atoms in total. The fraction of sp³-hybridized carbons (Fsp3) is 0.458. The largest absolute Gasteiger partial charge is 0.365 e. The van der Waals surface area contributed by atoms with Crippen LogP contribution in [0.3, 0.4) is 0 Å². The first-order valence-corrected chi connectivity index (χ1v) is 13.1. The second kappa shape index (κ2) is 8.99. The second-order valence-electron chi connectivity index (χ2n) is 9.25. The van der Waals surface area contributed by atoms with E-state index < -0.39 is 10.0 Å². The molecule has 180 valence electrons. The van der Waals surface area contributed by atoms with Gasteiger partial charge >= 0.3 is 0 Å². The number of aryl methyl sites for hydroxylation is 1. The normalized spacial score (nSPS) is 22.3. The lowest BCUT2D eigenvalue weighted by atomic mass is 9.97. The van der Waals surface area contributed by atoms with Gasteiger partial charge in [-0.1, -0.05) is 23.8 Å². The van der Waals surface area contributed by atoms with E-state index in [-0.39, 0.29) is 34.8 Å². The maximum absolute atomic E-state index is 13.4. The molecule has 2 aliphatic rings. The quantitative estimate of drug-likeness (QED) is 0.562. The molecule has 5 rings (SSSR count). The molecule has 10 heteroatoms. The van der Waals surface area contributed by atoms with Gasteiger partial charge in [0.25, 0.3) is 0 Å². The minimum Gasteiger partial charge on any atom is -0.365 e. The van der Waals surface area contributed by atoms with Crippen LogP contribution in [0.2, 0.25) is 0 Å². The van der Waals surface area contributed by atoms with Crippen molar-refractivity contribution >= 4 is 32.7 Å². The Kier molecular flexibility index (Phi) is 6.03. The average molecular weight is 484 g/mol. The fourth-order valence-electron chi connectivity index (χ4n) is 5.03. The molecule has 2 fully saturated rings. The van der Waals surface area contributed by atoms with Crippen molar-refractivity contribution in [1.29, 1.82) is 0 Å². The van der Waals surface area contributed by atoms with Crippen molar-refractivity contribution in [2.24, 2.45) is 5.92 Å². The van der Waals surface area contributed by atoms with E-state index in [4.69, 9.17) is 4.63 Å². The third-order valence-electron chi connectivity index (χ3n) is 6.90. The number of carbonyl (C=O) groups excluding carboxylic acids is 1. The van der Waals surface area contributed by atoms with Crippen molar-refractivity contribution in [2.75, 3.05) is 37.6 Å². The smallest absolute Gasteiger partial charge is 0.245 e. The van der Waals surface area contributed by atoms with Gasteiger partial charge in [-0.2, -0.15) is 4.31 Å². The molecule has 0 unspecified atom stereocenters. The van der Waals surface area contributed by atoms with Crippen LogP contribution >= 0.6 is 0 Å². The number of hydrogen-bond donors (Lipinski definition) is 0. The number of hydrogen-bond acceptors (Lipinski definition) is 7. The lowest BCUT2D eigenvalue weighted by Gasteiger charge is -2.43. The van der Waals surface area contributed by atoms with Crippen molar-refractivity contribution in [2.45, 2.75) is 37.6 Å². The lowest BCUT2D eigenvalue weighted by molar-refractivity contribution is -0.137. The van der Waals surface area contributed by atoms with Crippen molar-refractivity contribution in [3.05, 3.63) is 48.0 Å². The molecule has 0 spiro atoms. The molecule has 2 saturated heterocycles. The molecule has 3 aromatic rings. The van der Waals surface area contributed by atoms with Crippen LogP contribution in [0, 0.1) is 12.8 Å². The molecule has 0 bridgehead atoms. The van der Waals surface area contributed by atoms with E-state index in [9.17, 15) is 13.2 Å². The van der Waals surface area contributed by atoms with E-state index in [1.165, 1.54) is 15.9 Å². The molecule has 1 aromatic heterocycles. The van der Waals surface area contributed by atoms with Crippen LogP contribution in [0.25, 0.3) is 11.0 Å². The number of nitrogens with zero attached hydrogens (tertiary/aromatic N) is 5. The number of piperazine rings is 1. The molecular formula is C24H29N5O4S. The predicted octanol–water partition coefficient (Wildman–Crippen LogP) is 2.67. The standard InChI is InChI=1S/C24H29N5O4S/c1-17-8-10-20(11-9-17)29-14-13-27(15-18(29)2)24(30)19-5-4-12-28(16-19)34(31,32)22-7-3-6-21-23(22)26-33-25-21/h3,6-11,18-19H,4-5,12-16H2,1-2H3/t18-,19-/m1/s1. The predicted molar refractivity (Wildman–Crippen MR) is 128 cm³/mol. The average Bonchev–Trinajstić information content (AvgIpc) is 3.33. The summed E-state index contributed by atoms with van der Waals surface area (Å²) in [5.41, 5.74) is 3.00. The zero-order chi connectivity index (χ0) is 23.9. The van der Waals surface area contributed by atoms with Gasteiger partial charge in [-0.05, 0) is 61.3 Å². The minimum absolute atomic E-state index is 0.0385. The Balaban J connectivity index is 1.28. The number of fused-ring (bicyclic) bond motifs is 1. The third-order valence-corrected chi connectivity index (χ3v) is 8.80. The van der Waals surface area contributed by atoms with E-state index in [1.54, 1.807) is 12.1 Å². The highest BCUT2D eigenvalue weighted by Gasteiger charge is 2.37. The molecule has 0 saturated carbocycles. The maximum Gasteiger partial charge on any atom is 0.245 e. The highest BCUT2D eigenvalue weighted by molar-refractivity contribution is 7.89. The number of benzene rings is 2. The number of anilines is 1. The highest BCUT2D eigenvalue weighted by atomic mass is 32.2. The summed E-state index contributed by atoms with van der Waals surface area (Å²) in [5, 5.41) is 7.53. The summed E-state index contributed by atoms with van der Waals surface area (Å²) in [5.74, 6) is -0.312. The first kappa shape index (κ1) is 22.8. The summed E-state index contributed by atoms with van der Waals surface area (Å²) in [6, 6.07) is 13.4. The number of amides is 1.